The molecule has 3 atom stereocenters. The number of hydrogen-bond acceptors (Lipinski definition) is 9. The van der Waals surface area contributed by atoms with Crippen LogP contribution < -0.4 is 21.1 Å². The number of carbonyl (C=O) groups excluding carboxylic acids is 3. The zero-order valence-corrected chi connectivity index (χ0v) is 29.4. The Balaban J connectivity index is 0.901. The number of aryl methyl sites for hydroxylation is 1. The van der Waals surface area contributed by atoms with E-state index in [1.54, 1.807) is 13.2 Å². The molecule has 0 aliphatic carbocycles. The van der Waals surface area contributed by atoms with Crippen molar-refractivity contribution >= 4 is 29.1 Å². The summed E-state index contributed by atoms with van der Waals surface area (Å²) in [5.41, 5.74) is 5.39. The van der Waals surface area contributed by atoms with Crippen LogP contribution in [0.1, 0.15) is 84.0 Å². The quantitative estimate of drug-likeness (QED) is 0.376. The third-order valence-electron chi connectivity index (χ3n) is 11.7. The highest BCUT2D eigenvalue weighted by Gasteiger charge is 2.39. The molecule has 6 heterocycles. The summed E-state index contributed by atoms with van der Waals surface area (Å²) in [5, 5.41) is 10.2. The van der Waals surface area contributed by atoms with Gasteiger partial charge in [-0.05, 0) is 93.7 Å². The Kier molecular flexibility index (Phi) is 9.47. The number of nitrogens with one attached hydrogen (secondary N) is 2. The first kappa shape index (κ1) is 33.9. The number of hydrogen-bond donors (Lipinski definition) is 2. The Morgan fingerprint density at radius 2 is 1.64 bits per heavy atom. The van der Waals surface area contributed by atoms with E-state index in [4.69, 9.17) is 0 Å². The first-order valence-corrected chi connectivity index (χ1v) is 18.0. The fourth-order valence-corrected chi connectivity index (χ4v) is 8.45. The molecule has 4 aliphatic rings. The van der Waals surface area contributed by atoms with E-state index in [0.717, 1.165) is 88.3 Å². The average molecular weight is 681 g/mol. The van der Waals surface area contributed by atoms with Gasteiger partial charge in [0, 0.05) is 69.9 Å². The molecule has 1 spiro atoms. The molecule has 3 aromatic rings. The third kappa shape index (κ3) is 7.03. The Morgan fingerprint density at radius 3 is 2.32 bits per heavy atom. The van der Waals surface area contributed by atoms with Crippen LogP contribution >= 0.6 is 0 Å². The number of amides is 3. The summed E-state index contributed by atoms with van der Waals surface area (Å²) in [4.78, 5) is 61.0. The maximum Gasteiger partial charge on any atom is 0.271 e. The number of anilines is 2. The molecular formula is C38H48N8O4. The highest BCUT2D eigenvalue weighted by atomic mass is 16.2. The van der Waals surface area contributed by atoms with Crippen LogP contribution in [0.3, 0.4) is 0 Å². The predicted octanol–water partition coefficient (Wildman–Crippen LogP) is 3.43. The molecule has 264 valence electrons. The second-order valence-electron chi connectivity index (χ2n) is 15.0. The largest absolute Gasteiger partial charge is 0.379 e. The normalized spacial score (nSPS) is 24.3. The molecule has 2 N–H and O–H groups in total. The van der Waals surface area contributed by atoms with Crippen molar-refractivity contribution in [3.63, 3.8) is 0 Å². The highest BCUT2D eigenvalue weighted by Crippen LogP contribution is 2.42. The molecule has 0 radical (unpaired) electrons. The lowest BCUT2D eigenvalue weighted by atomic mass is 9.71. The Morgan fingerprint density at radius 1 is 0.920 bits per heavy atom. The van der Waals surface area contributed by atoms with Gasteiger partial charge < -0.3 is 20.0 Å². The second kappa shape index (κ2) is 14.0. The number of piperidine rings is 4. The number of nitrogens with zero attached hydrogens (tertiary/aromatic N) is 6. The number of imide groups is 1. The topological polar surface area (TPSA) is 133 Å². The minimum atomic E-state index is -0.367. The van der Waals surface area contributed by atoms with Gasteiger partial charge in [0.25, 0.3) is 11.5 Å². The number of rotatable bonds is 6. The maximum atomic E-state index is 13.6. The summed E-state index contributed by atoms with van der Waals surface area (Å²) in [5.74, 6) is -0.412. The van der Waals surface area contributed by atoms with Gasteiger partial charge in [-0.1, -0.05) is 12.1 Å². The van der Waals surface area contributed by atoms with Gasteiger partial charge in [0.2, 0.25) is 11.8 Å². The molecule has 1 unspecified atom stereocenters. The average Bonchev–Trinajstić information content (AvgIpc) is 3.12. The van der Waals surface area contributed by atoms with Crippen molar-refractivity contribution in [3.8, 4) is 0 Å². The molecule has 50 heavy (non-hydrogen) atoms. The molecule has 3 amide bonds. The third-order valence-corrected chi connectivity index (χ3v) is 11.7. The van der Waals surface area contributed by atoms with Crippen LogP contribution in [0, 0.1) is 12.3 Å². The van der Waals surface area contributed by atoms with Crippen molar-refractivity contribution in [1.82, 2.24) is 29.9 Å². The molecule has 4 aliphatic heterocycles. The molecule has 4 fully saturated rings. The Labute approximate surface area is 293 Å². The molecule has 7 rings (SSSR count). The van der Waals surface area contributed by atoms with Crippen LogP contribution in [-0.2, 0) is 16.6 Å². The van der Waals surface area contributed by atoms with E-state index in [2.05, 4.69) is 49.7 Å². The number of aromatic nitrogens is 3. The van der Waals surface area contributed by atoms with Gasteiger partial charge in [-0.2, -0.15) is 5.10 Å². The predicted molar refractivity (Wildman–Crippen MR) is 191 cm³/mol. The second-order valence-corrected chi connectivity index (χ2v) is 15.0. The summed E-state index contributed by atoms with van der Waals surface area (Å²) < 4.78 is 1.36. The number of likely N-dealkylation sites (N-methyl/N-ethyl adjacent to an activating group) is 1. The van der Waals surface area contributed by atoms with Crippen molar-refractivity contribution in [1.29, 1.82) is 0 Å². The van der Waals surface area contributed by atoms with Crippen LogP contribution in [-0.4, -0.2) is 94.6 Å². The first-order valence-electron chi connectivity index (χ1n) is 18.0. The highest BCUT2D eigenvalue weighted by molar-refractivity contribution is 6.00. The summed E-state index contributed by atoms with van der Waals surface area (Å²) in [6.07, 6.45) is 9.58. The van der Waals surface area contributed by atoms with Gasteiger partial charge >= 0.3 is 0 Å². The van der Waals surface area contributed by atoms with Gasteiger partial charge in [0.1, 0.15) is 0 Å². The van der Waals surface area contributed by atoms with E-state index in [1.807, 2.05) is 42.3 Å². The van der Waals surface area contributed by atoms with E-state index in [-0.39, 0.29) is 40.7 Å². The van der Waals surface area contributed by atoms with E-state index in [1.165, 1.54) is 10.2 Å². The summed E-state index contributed by atoms with van der Waals surface area (Å²) >= 11 is 0. The van der Waals surface area contributed by atoms with E-state index < -0.39 is 0 Å². The van der Waals surface area contributed by atoms with Crippen LogP contribution in [0.15, 0.2) is 53.6 Å². The van der Waals surface area contributed by atoms with Crippen molar-refractivity contribution in [2.45, 2.75) is 69.7 Å². The summed E-state index contributed by atoms with van der Waals surface area (Å²) in [6.45, 7) is 7.11. The van der Waals surface area contributed by atoms with Gasteiger partial charge in [-0.25, -0.2) is 4.68 Å². The summed E-state index contributed by atoms with van der Waals surface area (Å²) in [7, 11) is 3.79. The Hall–Kier alpha value is -4.58. The lowest BCUT2D eigenvalue weighted by molar-refractivity contribution is -0.134. The maximum absolute atomic E-state index is 13.6. The molecule has 0 bridgehead atoms. The SMILES string of the molecule is Cc1c(N[C@H]2C[C@@H](c3ccc(C(=O)N4CCC5(CC4)CCN(c4ccc(C6CCC(=O)NC6=O)nc4)CC5)cc3)CN(C)C2)cnn(C)c1=O. The minimum Gasteiger partial charge on any atom is -0.379 e. The lowest BCUT2D eigenvalue weighted by Crippen LogP contribution is -2.48. The number of pyridine rings is 1. The van der Waals surface area contributed by atoms with E-state index in [9.17, 15) is 19.2 Å². The van der Waals surface area contributed by atoms with Crippen LogP contribution in [0.2, 0.25) is 0 Å². The molecular weight excluding hydrogens is 632 g/mol. The lowest BCUT2D eigenvalue weighted by Gasteiger charge is -2.47. The smallest absolute Gasteiger partial charge is 0.271 e. The van der Waals surface area contributed by atoms with Crippen molar-refractivity contribution in [2.24, 2.45) is 12.5 Å². The minimum absolute atomic E-state index is 0.0873. The molecule has 0 saturated carbocycles. The molecule has 2 aromatic heterocycles. The standard InChI is InChI=1S/C38H48N8O4/c1-25-33(22-40-44(3)36(25)49)41-29-20-28(23-43(2)24-29)26-4-6-27(7-5-26)37(50)46-18-14-38(15-19-46)12-16-45(17-13-38)30-8-10-32(39-21-30)31-9-11-34(47)42-35(31)48/h4-8,10,21-22,28-29,31,41H,9,11-20,23-24H2,1-3H3,(H,42,47,48)/t28-,29+,31?/m1/s1. The molecule has 12 heteroatoms. The van der Waals surface area contributed by atoms with Crippen LogP contribution in [0.5, 0.6) is 0 Å². The fourth-order valence-electron chi connectivity index (χ4n) is 8.45. The molecule has 4 saturated heterocycles. The van der Waals surface area contributed by atoms with Gasteiger partial charge in [-0.3, -0.25) is 29.5 Å². The summed E-state index contributed by atoms with van der Waals surface area (Å²) in [6, 6.07) is 12.4. The zero-order chi connectivity index (χ0) is 35.0. The Bertz CT molecular complexity index is 1790. The number of likely N-dealkylation sites (tertiary alicyclic amines) is 2. The number of carbonyl (C=O) groups is 3. The van der Waals surface area contributed by atoms with E-state index >= 15 is 0 Å². The zero-order valence-electron chi connectivity index (χ0n) is 29.4. The van der Waals surface area contributed by atoms with Gasteiger partial charge in [-0.15, -0.1) is 0 Å². The van der Waals surface area contributed by atoms with E-state index in [0.29, 0.717) is 30.0 Å². The van der Waals surface area contributed by atoms with Gasteiger partial charge in [0.05, 0.1) is 35.4 Å². The molecule has 1 aromatic carbocycles. The van der Waals surface area contributed by atoms with Crippen LogP contribution in [0.25, 0.3) is 0 Å². The van der Waals surface area contributed by atoms with Crippen molar-refractivity contribution in [3.05, 3.63) is 81.5 Å². The number of benzene rings is 1. The fraction of sp³-hybridized carbons (Fsp3) is 0.526. The van der Waals surface area contributed by atoms with Crippen molar-refractivity contribution in [2.75, 3.05) is 56.5 Å². The first-order chi connectivity index (χ1) is 24.1. The van der Waals surface area contributed by atoms with Gasteiger partial charge in [0.15, 0.2) is 0 Å². The molecule has 12 nitrogen and oxygen atoms in total. The monoisotopic (exact) mass is 680 g/mol. The van der Waals surface area contributed by atoms with Crippen molar-refractivity contribution < 1.29 is 14.4 Å². The van der Waals surface area contributed by atoms with Crippen LogP contribution in [0.4, 0.5) is 11.4 Å².